The summed E-state index contributed by atoms with van der Waals surface area (Å²) >= 11 is 1.47. The zero-order valence-electron chi connectivity index (χ0n) is 13.7. The first-order valence-electron chi connectivity index (χ1n) is 7.89. The number of nitrogens with one attached hydrogen (secondary N) is 1. The zero-order valence-corrected chi connectivity index (χ0v) is 14.5. The Balaban J connectivity index is 1.77. The van der Waals surface area contributed by atoms with E-state index in [2.05, 4.69) is 10.3 Å². The Morgan fingerprint density at radius 3 is 2.64 bits per heavy atom. The summed E-state index contributed by atoms with van der Waals surface area (Å²) in [6, 6.07) is 17.2. The van der Waals surface area contributed by atoms with E-state index in [0.717, 1.165) is 27.1 Å². The van der Waals surface area contributed by atoms with Crippen molar-refractivity contribution in [3.05, 3.63) is 65.2 Å². The van der Waals surface area contributed by atoms with E-state index in [-0.39, 0.29) is 6.42 Å². The van der Waals surface area contributed by atoms with Crippen LogP contribution in [0.2, 0.25) is 0 Å². The number of aliphatic carboxylic acids is 1. The van der Waals surface area contributed by atoms with Crippen molar-refractivity contribution in [2.75, 3.05) is 5.32 Å². The van der Waals surface area contributed by atoms with Gasteiger partial charge in [0.25, 0.3) is 0 Å². The summed E-state index contributed by atoms with van der Waals surface area (Å²) in [6.45, 7) is 1.89. The lowest BCUT2D eigenvalue weighted by Gasteiger charge is -2.11. The summed E-state index contributed by atoms with van der Waals surface area (Å²) in [5.74, 6) is 0.659. The van der Waals surface area contributed by atoms with E-state index >= 15 is 0 Å². The molecule has 0 saturated heterocycles. The van der Waals surface area contributed by atoms with Gasteiger partial charge in [-0.15, -0.1) is 11.3 Å². The smallest absolute Gasteiger partial charge is 0.303 e. The normalized spacial score (nSPS) is 10.4. The van der Waals surface area contributed by atoms with Gasteiger partial charge in [-0.1, -0.05) is 30.3 Å². The van der Waals surface area contributed by atoms with Crippen molar-refractivity contribution in [1.29, 1.82) is 0 Å². The number of aromatic nitrogens is 1. The summed E-state index contributed by atoms with van der Waals surface area (Å²) in [5, 5.41) is 12.8. The molecular weight excluding hydrogens is 336 g/mol. The molecule has 0 aliphatic carbocycles. The molecule has 25 heavy (non-hydrogen) atoms. The maximum Gasteiger partial charge on any atom is 0.303 e. The SMILES string of the molecule is Cc1nc(Nc2ccccc2Oc2ccccc2)sc1CCC(=O)O. The van der Waals surface area contributed by atoms with Crippen LogP contribution in [-0.4, -0.2) is 16.1 Å². The molecule has 0 radical (unpaired) electrons. The Morgan fingerprint density at radius 1 is 1.16 bits per heavy atom. The van der Waals surface area contributed by atoms with E-state index in [1.54, 1.807) is 0 Å². The number of aryl methyl sites for hydroxylation is 2. The monoisotopic (exact) mass is 354 g/mol. The molecule has 0 spiro atoms. The number of carboxylic acids is 1. The number of carboxylic acid groups (broad SMARTS) is 1. The Kier molecular flexibility index (Phi) is 5.30. The summed E-state index contributed by atoms with van der Waals surface area (Å²) in [7, 11) is 0. The molecule has 6 heteroatoms. The van der Waals surface area contributed by atoms with Crippen molar-refractivity contribution in [3.8, 4) is 11.5 Å². The van der Waals surface area contributed by atoms with Crippen LogP contribution in [-0.2, 0) is 11.2 Å². The average Bonchev–Trinajstić information content (AvgIpc) is 2.95. The van der Waals surface area contributed by atoms with Crippen molar-refractivity contribution in [1.82, 2.24) is 4.98 Å². The van der Waals surface area contributed by atoms with Crippen LogP contribution in [0.3, 0.4) is 0 Å². The number of benzene rings is 2. The Hall–Kier alpha value is -2.86. The lowest BCUT2D eigenvalue weighted by molar-refractivity contribution is -0.136. The molecular formula is C19H18N2O3S. The van der Waals surface area contributed by atoms with Crippen molar-refractivity contribution in [2.45, 2.75) is 19.8 Å². The third-order valence-electron chi connectivity index (χ3n) is 3.56. The highest BCUT2D eigenvalue weighted by atomic mass is 32.1. The van der Waals surface area contributed by atoms with Crippen molar-refractivity contribution >= 4 is 28.1 Å². The standard InChI is InChI=1S/C19H18N2O3S/c1-13-17(11-12-18(22)23)25-19(20-13)21-15-9-5-6-10-16(15)24-14-7-3-2-4-8-14/h2-10H,11-12H2,1H3,(H,20,21)(H,22,23). The number of anilines is 2. The molecule has 2 N–H and O–H groups in total. The zero-order chi connectivity index (χ0) is 17.6. The molecule has 3 rings (SSSR count). The minimum Gasteiger partial charge on any atom is -0.481 e. The highest BCUT2D eigenvalue weighted by Crippen LogP contribution is 2.33. The quantitative estimate of drug-likeness (QED) is 0.624. The van der Waals surface area contributed by atoms with Gasteiger partial charge in [-0.3, -0.25) is 4.79 Å². The van der Waals surface area contributed by atoms with Gasteiger partial charge in [0.05, 0.1) is 17.8 Å². The van der Waals surface area contributed by atoms with Gasteiger partial charge in [0.15, 0.2) is 10.9 Å². The highest BCUT2D eigenvalue weighted by Gasteiger charge is 2.11. The number of hydrogen-bond acceptors (Lipinski definition) is 5. The van der Waals surface area contributed by atoms with Gasteiger partial charge in [0.2, 0.25) is 0 Å². The minimum atomic E-state index is -0.802. The summed E-state index contributed by atoms with van der Waals surface area (Å²) in [6.07, 6.45) is 0.596. The second-order valence-electron chi connectivity index (χ2n) is 5.46. The molecule has 0 amide bonds. The maximum atomic E-state index is 10.8. The van der Waals surface area contributed by atoms with Crippen LogP contribution in [0.5, 0.6) is 11.5 Å². The van der Waals surface area contributed by atoms with Gasteiger partial charge in [-0.25, -0.2) is 4.98 Å². The van der Waals surface area contributed by atoms with Gasteiger partial charge in [-0.2, -0.15) is 0 Å². The van der Waals surface area contributed by atoms with Gasteiger partial charge in [0, 0.05) is 4.88 Å². The van der Waals surface area contributed by atoms with Crippen LogP contribution in [0.15, 0.2) is 54.6 Å². The van der Waals surface area contributed by atoms with Crippen LogP contribution < -0.4 is 10.1 Å². The second kappa shape index (κ2) is 7.81. The molecule has 0 bridgehead atoms. The van der Waals surface area contributed by atoms with Crippen LogP contribution >= 0.6 is 11.3 Å². The second-order valence-corrected chi connectivity index (χ2v) is 6.54. The lowest BCUT2D eigenvalue weighted by Crippen LogP contribution is -1.96. The first-order chi connectivity index (χ1) is 12.1. The van der Waals surface area contributed by atoms with Crippen LogP contribution in [0.1, 0.15) is 17.0 Å². The molecule has 1 heterocycles. The van der Waals surface area contributed by atoms with Gasteiger partial charge in [0.1, 0.15) is 5.75 Å². The first kappa shape index (κ1) is 17.0. The van der Waals surface area contributed by atoms with Crippen LogP contribution in [0.4, 0.5) is 10.8 Å². The first-order valence-corrected chi connectivity index (χ1v) is 8.70. The summed E-state index contributed by atoms with van der Waals surface area (Å²) in [4.78, 5) is 16.2. The molecule has 0 fully saturated rings. The lowest BCUT2D eigenvalue weighted by atomic mass is 10.2. The van der Waals surface area contributed by atoms with Crippen molar-refractivity contribution < 1.29 is 14.6 Å². The molecule has 0 atom stereocenters. The van der Waals surface area contributed by atoms with Crippen LogP contribution in [0, 0.1) is 6.92 Å². The molecule has 0 saturated carbocycles. The van der Waals surface area contributed by atoms with E-state index < -0.39 is 5.97 Å². The number of nitrogens with zero attached hydrogens (tertiary/aromatic N) is 1. The fourth-order valence-electron chi connectivity index (χ4n) is 2.32. The number of thiazole rings is 1. The molecule has 0 unspecified atom stereocenters. The number of hydrogen-bond donors (Lipinski definition) is 2. The highest BCUT2D eigenvalue weighted by molar-refractivity contribution is 7.15. The molecule has 5 nitrogen and oxygen atoms in total. The number of ether oxygens (including phenoxy) is 1. The molecule has 0 aliphatic heterocycles. The maximum absolute atomic E-state index is 10.8. The minimum absolute atomic E-state index is 0.107. The Bertz CT molecular complexity index is 862. The fraction of sp³-hybridized carbons (Fsp3) is 0.158. The van der Waals surface area contributed by atoms with Crippen molar-refractivity contribution in [2.24, 2.45) is 0 Å². The van der Waals surface area contributed by atoms with E-state index in [4.69, 9.17) is 9.84 Å². The van der Waals surface area contributed by atoms with Crippen molar-refractivity contribution in [3.63, 3.8) is 0 Å². The summed E-state index contributed by atoms with van der Waals surface area (Å²) < 4.78 is 5.93. The van der Waals surface area contributed by atoms with Gasteiger partial charge in [-0.05, 0) is 37.6 Å². The van der Waals surface area contributed by atoms with E-state index in [0.29, 0.717) is 12.2 Å². The molecule has 3 aromatic rings. The third kappa shape index (κ3) is 4.58. The number of rotatable bonds is 7. The third-order valence-corrected chi connectivity index (χ3v) is 4.69. The fourth-order valence-corrected chi connectivity index (χ4v) is 3.30. The van der Waals surface area contributed by atoms with Crippen LogP contribution in [0.25, 0.3) is 0 Å². The molecule has 0 aliphatic rings. The topological polar surface area (TPSA) is 71.5 Å². The predicted octanol–water partition coefficient (Wildman–Crippen LogP) is 5.00. The molecule has 2 aromatic carbocycles. The molecule has 1 aromatic heterocycles. The average molecular weight is 354 g/mol. The largest absolute Gasteiger partial charge is 0.481 e. The molecule has 128 valence electrons. The summed E-state index contributed by atoms with van der Waals surface area (Å²) in [5.41, 5.74) is 1.67. The van der Waals surface area contributed by atoms with E-state index in [1.807, 2.05) is 61.5 Å². The van der Waals surface area contributed by atoms with Gasteiger partial charge >= 0.3 is 5.97 Å². The van der Waals surface area contributed by atoms with Gasteiger partial charge < -0.3 is 15.2 Å². The number of carbonyl (C=O) groups is 1. The predicted molar refractivity (Wildman–Crippen MR) is 99.0 cm³/mol. The van der Waals surface area contributed by atoms with E-state index in [1.165, 1.54) is 11.3 Å². The number of para-hydroxylation sites is 3. The Labute approximate surface area is 149 Å². The Morgan fingerprint density at radius 2 is 1.88 bits per heavy atom. The van der Waals surface area contributed by atoms with E-state index in [9.17, 15) is 4.79 Å².